The molecule has 74 valence electrons. The molecule has 0 saturated carbocycles. The second-order valence-corrected chi connectivity index (χ2v) is 5.81. The van der Waals surface area contributed by atoms with Crippen LogP contribution in [0.15, 0.2) is 0 Å². The minimum Gasteiger partial charge on any atom is -0.359 e. The predicted molar refractivity (Wildman–Crippen MR) is 59.3 cm³/mol. The number of rotatable bonds is 5. The van der Waals surface area contributed by atoms with Gasteiger partial charge in [0.15, 0.2) is 3.95 Å². The van der Waals surface area contributed by atoms with Crippen LogP contribution in [0.2, 0.25) is 0 Å². The van der Waals surface area contributed by atoms with Crippen molar-refractivity contribution < 1.29 is 4.21 Å². The van der Waals surface area contributed by atoms with Crippen molar-refractivity contribution >= 4 is 39.5 Å². The molecule has 2 N–H and O–H groups in total. The third kappa shape index (κ3) is 3.97. The molecule has 0 spiro atoms. The fraction of sp³-hybridized carbons (Fsp3) is 0.667. The van der Waals surface area contributed by atoms with Crippen LogP contribution in [0.3, 0.4) is 0 Å². The molecule has 1 aromatic heterocycles. The Balaban J connectivity index is 2.28. The van der Waals surface area contributed by atoms with Gasteiger partial charge in [-0.3, -0.25) is 9.31 Å². The first kappa shape index (κ1) is 10.8. The van der Waals surface area contributed by atoms with Crippen molar-refractivity contribution in [2.45, 2.75) is 6.92 Å². The highest BCUT2D eigenvalue weighted by molar-refractivity contribution is 7.84. The second kappa shape index (κ2) is 5.46. The average molecular weight is 237 g/mol. The van der Waals surface area contributed by atoms with Gasteiger partial charge in [-0.1, -0.05) is 18.3 Å². The van der Waals surface area contributed by atoms with Crippen molar-refractivity contribution in [2.75, 3.05) is 23.4 Å². The van der Waals surface area contributed by atoms with Crippen LogP contribution in [0.1, 0.15) is 6.92 Å². The van der Waals surface area contributed by atoms with Gasteiger partial charge in [-0.05, 0) is 12.2 Å². The van der Waals surface area contributed by atoms with E-state index >= 15 is 0 Å². The summed E-state index contributed by atoms with van der Waals surface area (Å²) in [4.78, 5) is 0. The molecule has 0 saturated heterocycles. The lowest BCUT2D eigenvalue weighted by Crippen LogP contribution is -2.11. The van der Waals surface area contributed by atoms with Crippen molar-refractivity contribution in [3.05, 3.63) is 3.95 Å². The Morgan fingerprint density at radius 3 is 3.08 bits per heavy atom. The topological polar surface area (TPSA) is 57.8 Å². The Morgan fingerprint density at radius 1 is 1.77 bits per heavy atom. The Hall–Kier alpha value is -0.270. The summed E-state index contributed by atoms with van der Waals surface area (Å²) in [5, 5.41) is 10.4. The molecule has 0 aliphatic rings. The first-order valence-electron chi connectivity index (χ1n) is 3.86. The van der Waals surface area contributed by atoms with E-state index in [1.165, 1.54) is 11.3 Å². The lowest BCUT2D eigenvalue weighted by atomic mass is 10.7. The molecule has 1 aromatic rings. The summed E-state index contributed by atoms with van der Waals surface area (Å²) in [5.41, 5.74) is 0. The van der Waals surface area contributed by atoms with Gasteiger partial charge in [0.05, 0.1) is 0 Å². The van der Waals surface area contributed by atoms with Crippen LogP contribution in [-0.4, -0.2) is 32.5 Å². The number of nitrogens with zero attached hydrogens (tertiary/aromatic N) is 1. The molecule has 0 radical (unpaired) electrons. The quantitative estimate of drug-likeness (QED) is 0.760. The van der Waals surface area contributed by atoms with E-state index < -0.39 is 10.8 Å². The van der Waals surface area contributed by atoms with E-state index in [0.29, 0.717) is 22.0 Å². The molecule has 0 aliphatic heterocycles. The summed E-state index contributed by atoms with van der Waals surface area (Å²) in [6, 6.07) is 0. The predicted octanol–water partition coefficient (Wildman–Crippen LogP) is 1.38. The molecule has 0 aliphatic carbocycles. The lowest BCUT2D eigenvalue weighted by molar-refractivity contribution is 0.684. The monoisotopic (exact) mass is 237 g/mol. The number of hydrogen-bond donors (Lipinski definition) is 2. The molecule has 7 heteroatoms. The molecular weight excluding hydrogens is 226 g/mol. The van der Waals surface area contributed by atoms with E-state index in [2.05, 4.69) is 15.5 Å². The number of aromatic nitrogens is 2. The van der Waals surface area contributed by atoms with Crippen LogP contribution in [0, 0.1) is 3.95 Å². The third-order valence-corrected chi connectivity index (χ3v) is 3.72. The van der Waals surface area contributed by atoms with Crippen molar-refractivity contribution in [3.63, 3.8) is 0 Å². The summed E-state index contributed by atoms with van der Waals surface area (Å²) in [6.07, 6.45) is 0. The average Bonchev–Trinajstić information content (AvgIpc) is 2.51. The maximum atomic E-state index is 11.0. The number of anilines is 1. The minimum atomic E-state index is -0.716. The summed E-state index contributed by atoms with van der Waals surface area (Å²) in [5.74, 6) is 1.36. The standard InChI is InChI=1S/C6H11N3OS3/c1-2-13(10)4-3-7-5-8-9-6(11)12-5/h2-4H2,1H3,(H,7,8)(H,9,11). The third-order valence-electron chi connectivity index (χ3n) is 1.37. The maximum Gasteiger partial charge on any atom is 0.204 e. The van der Waals surface area contributed by atoms with Gasteiger partial charge in [0.1, 0.15) is 0 Å². The van der Waals surface area contributed by atoms with E-state index in [1.807, 2.05) is 6.92 Å². The zero-order chi connectivity index (χ0) is 9.68. The summed E-state index contributed by atoms with van der Waals surface area (Å²) < 4.78 is 11.7. The van der Waals surface area contributed by atoms with Crippen LogP contribution < -0.4 is 5.32 Å². The fourth-order valence-corrected chi connectivity index (χ4v) is 2.15. The van der Waals surface area contributed by atoms with E-state index in [9.17, 15) is 4.21 Å². The Morgan fingerprint density at radius 2 is 2.54 bits per heavy atom. The molecule has 1 heterocycles. The fourth-order valence-electron chi connectivity index (χ4n) is 0.722. The van der Waals surface area contributed by atoms with E-state index in [-0.39, 0.29) is 0 Å². The van der Waals surface area contributed by atoms with Gasteiger partial charge in [0.2, 0.25) is 5.13 Å². The van der Waals surface area contributed by atoms with Crippen LogP contribution in [0.5, 0.6) is 0 Å². The van der Waals surface area contributed by atoms with E-state index in [1.54, 1.807) is 0 Å². The van der Waals surface area contributed by atoms with Gasteiger partial charge in [0.25, 0.3) is 0 Å². The van der Waals surface area contributed by atoms with Crippen LogP contribution in [0.25, 0.3) is 0 Å². The molecule has 0 bridgehead atoms. The normalized spacial score (nSPS) is 12.7. The highest BCUT2D eigenvalue weighted by Gasteiger charge is 1.98. The van der Waals surface area contributed by atoms with Gasteiger partial charge in [-0.15, -0.1) is 5.10 Å². The number of hydrogen-bond acceptors (Lipinski definition) is 5. The molecule has 0 fully saturated rings. The van der Waals surface area contributed by atoms with Crippen molar-refractivity contribution in [1.29, 1.82) is 0 Å². The zero-order valence-corrected chi connectivity index (χ0v) is 9.65. The first-order chi connectivity index (χ1) is 6.22. The van der Waals surface area contributed by atoms with Crippen LogP contribution in [-0.2, 0) is 10.8 Å². The SMILES string of the molecule is CCS(=O)CCNc1n[nH]c(=S)s1. The summed E-state index contributed by atoms with van der Waals surface area (Å²) in [6.45, 7) is 2.59. The van der Waals surface area contributed by atoms with E-state index in [4.69, 9.17) is 12.2 Å². The highest BCUT2D eigenvalue weighted by atomic mass is 32.2. The summed E-state index contributed by atoms with van der Waals surface area (Å²) in [7, 11) is -0.716. The lowest BCUT2D eigenvalue weighted by Gasteiger charge is -1.99. The first-order valence-corrected chi connectivity index (χ1v) is 6.58. The molecule has 4 nitrogen and oxygen atoms in total. The van der Waals surface area contributed by atoms with Crippen molar-refractivity contribution in [3.8, 4) is 0 Å². The van der Waals surface area contributed by atoms with E-state index in [0.717, 1.165) is 5.13 Å². The molecule has 0 aromatic carbocycles. The largest absolute Gasteiger partial charge is 0.359 e. The van der Waals surface area contributed by atoms with Gasteiger partial charge in [-0.2, -0.15) is 0 Å². The highest BCUT2D eigenvalue weighted by Crippen LogP contribution is 2.09. The zero-order valence-electron chi connectivity index (χ0n) is 7.20. The molecule has 1 unspecified atom stereocenters. The van der Waals surface area contributed by atoms with Crippen LogP contribution in [0.4, 0.5) is 5.13 Å². The molecular formula is C6H11N3OS3. The van der Waals surface area contributed by atoms with Crippen molar-refractivity contribution in [2.24, 2.45) is 0 Å². The van der Waals surface area contributed by atoms with Crippen molar-refractivity contribution in [1.82, 2.24) is 10.2 Å². The smallest absolute Gasteiger partial charge is 0.204 e. The number of H-pyrrole nitrogens is 1. The van der Waals surface area contributed by atoms with Gasteiger partial charge >= 0.3 is 0 Å². The Bertz CT molecular complexity index is 332. The summed E-state index contributed by atoms with van der Waals surface area (Å²) >= 11 is 6.24. The Kier molecular flexibility index (Phi) is 4.54. The molecule has 0 amide bonds. The number of nitrogens with one attached hydrogen (secondary N) is 2. The molecule has 13 heavy (non-hydrogen) atoms. The molecule has 1 rings (SSSR count). The maximum absolute atomic E-state index is 11.0. The second-order valence-electron chi connectivity index (χ2n) is 2.28. The van der Waals surface area contributed by atoms with Crippen LogP contribution >= 0.6 is 23.6 Å². The molecule has 1 atom stereocenters. The Labute approximate surface area is 88.2 Å². The number of aromatic amines is 1. The van der Waals surface area contributed by atoms with Gasteiger partial charge in [0, 0.05) is 28.9 Å². The van der Waals surface area contributed by atoms with Gasteiger partial charge < -0.3 is 5.32 Å². The minimum absolute atomic E-state index is 0.652. The van der Waals surface area contributed by atoms with Gasteiger partial charge in [-0.25, -0.2) is 0 Å².